The smallest absolute Gasteiger partial charge is 0.168 e. The molecule has 0 aromatic heterocycles. The van der Waals surface area contributed by atoms with E-state index in [1.54, 1.807) is 0 Å². The number of hydrogen-bond donors (Lipinski definition) is 0. The Morgan fingerprint density at radius 3 is 1.39 bits per heavy atom. The molecule has 1 saturated heterocycles. The van der Waals surface area contributed by atoms with Crippen LogP contribution in [0.2, 0.25) is 0 Å². The van der Waals surface area contributed by atoms with Crippen LogP contribution in [0.1, 0.15) is 91.4 Å². The number of benzene rings is 3. The Morgan fingerprint density at radius 1 is 0.561 bits per heavy atom. The van der Waals surface area contributed by atoms with E-state index in [0.29, 0.717) is 0 Å². The van der Waals surface area contributed by atoms with Gasteiger partial charge in [0.05, 0.1) is 19.4 Å². The van der Waals surface area contributed by atoms with E-state index in [0.717, 1.165) is 26.1 Å². The lowest BCUT2D eigenvalue weighted by Gasteiger charge is -2.44. The van der Waals surface area contributed by atoms with Crippen LogP contribution in [-0.2, 0) is 9.47 Å². The molecule has 3 aromatic carbocycles. The lowest BCUT2D eigenvalue weighted by molar-refractivity contribution is -0.305. The first-order valence-electron chi connectivity index (χ1n) is 15.8. The minimum atomic E-state index is -1.71. The minimum Gasteiger partial charge on any atom is -1.00 e. The fourth-order valence-electron chi connectivity index (χ4n) is 6.13. The first-order valence-corrected chi connectivity index (χ1v) is 17.8. The lowest BCUT2D eigenvalue weighted by atomic mass is 9.92. The molecule has 1 heterocycles. The van der Waals surface area contributed by atoms with Gasteiger partial charge in [-0.05, 0) is 62.1 Å². The van der Waals surface area contributed by atoms with Crippen LogP contribution in [0, 0.1) is 5.41 Å². The maximum Gasteiger partial charge on any atom is 0.168 e. The summed E-state index contributed by atoms with van der Waals surface area (Å²) in [5.74, 6) is -0.349. The normalized spacial score (nSPS) is 16.2. The molecular formula is C37H52BrO2P. The first kappa shape index (κ1) is 34.0. The van der Waals surface area contributed by atoms with Gasteiger partial charge in [-0.3, -0.25) is 0 Å². The highest BCUT2D eigenvalue weighted by molar-refractivity contribution is 7.95. The van der Waals surface area contributed by atoms with Crippen molar-refractivity contribution in [1.29, 1.82) is 0 Å². The zero-order chi connectivity index (χ0) is 28.2. The van der Waals surface area contributed by atoms with Gasteiger partial charge in [-0.15, -0.1) is 0 Å². The van der Waals surface area contributed by atoms with Crippen molar-refractivity contribution < 1.29 is 26.5 Å². The molecule has 0 saturated carbocycles. The van der Waals surface area contributed by atoms with Crippen molar-refractivity contribution in [3.05, 3.63) is 91.0 Å². The Bertz CT molecular complexity index is 997. The van der Waals surface area contributed by atoms with E-state index in [-0.39, 0.29) is 28.2 Å². The number of ether oxygens (including phenoxy) is 2. The molecule has 4 heteroatoms. The molecule has 0 atom stereocenters. The summed E-state index contributed by atoms with van der Waals surface area (Å²) in [6.45, 7) is 8.39. The average molecular weight is 640 g/mol. The number of hydrogen-bond acceptors (Lipinski definition) is 2. The molecule has 3 aromatic rings. The van der Waals surface area contributed by atoms with Gasteiger partial charge in [0.15, 0.2) is 5.79 Å². The predicted molar refractivity (Wildman–Crippen MR) is 175 cm³/mol. The van der Waals surface area contributed by atoms with Crippen LogP contribution >= 0.6 is 7.26 Å². The molecule has 0 radical (unpaired) electrons. The third-order valence-electron chi connectivity index (χ3n) is 8.51. The maximum absolute atomic E-state index is 6.46. The number of rotatable bonds is 16. The molecule has 4 rings (SSSR count). The standard InChI is InChI=1S/C37H52O2P.BrH/c1-4-5-6-19-28-37(38-31-36(2,3)32-39-37)29-20-8-7-9-21-30-40(33-22-13-10-14-23-33,34-24-15-11-16-25-34)35-26-17-12-18-27-35;/h10-18,22-27H,4-9,19-21,28-32H2,1-3H3;1H/q+1;/p-1. The zero-order valence-corrected chi connectivity index (χ0v) is 28.2. The SMILES string of the molecule is CCCCCCC1(CCCCCCC[P+](c2ccccc2)(c2ccccc2)c2ccccc2)OCC(C)(C)CO1.[Br-]. The number of unbranched alkanes of at least 4 members (excludes halogenated alkanes) is 7. The Hall–Kier alpha value is -1.51. The fourth-order valence-corrected chi connectivity index (χ4v) is 10.5. The van der Waals surface area contributed by atoms with Crippen LogP contribution in [0.3, 0.4) is 0 Å². The second-order valence-corrected chi connectivity index (χ2v) is 16.1. The van der Waals surface area contributed by atoms with E-state index in [4.69, 9.17) is 9.47 Å². The molecule has 0 N–H and O–H groups in total. The van der Waals surface area contributed by atoms with E-state index in [2.05, 4.69) is 112 Å². The molecule has 1 fully saturated rings. The molecular weight excluding hydrogens is 587 g/mol. The van der Waals surface area contributed by atoms with Gasteiger partial charge in [0.1, 0.15) is 23.2 Å². The molecule has 0 unspecified atom stereocenters. The Labute approximate surface area is 261 Å². The van der Waals surface area contributed by atoms with Crippen molar-refractivity contribution in [3.8, 4) is 0 Å². The van der Waals surface area contributed by atoms with Crippen molar-refractivity contribution in [3.63, 3.8) is 0 Å². The van der Waals surface area contributed by atoms with E-state index in [1.807, 2.05) is 0 Å². The lowest BCUT2D eigenvalue weighted by Crippen LogP contribution is -3.00. The Morgan fingerprint density at radius 2 is 0.951 bits per heavy atom. The van der Waals surface area contributed by atoms with E-state index >= 15 is 0 Å². The minimum absolute atomic E-state index is 0. The van der Waals surface area contributed by atoms with Crippen LogP contribution in [0.25, 0.3) is 0 Å². The van der Waals surface area contributed by atoms with Crippen LogP contribution in [0.4, 0.5) is 0 Å². The van der Waals surface area contributed by atoms with Gasteiger partial charge in [-0.25, -0.2) is 0 Å². The van der Waals surface area contributed by atoms with Crippen LogP contribution in [0.15, 0.2) is 91.0 Å². The van der Waals surface area contributed by atoms with E-state index < -0.39 is 7.26 Å². The summed E-state index contributed by atoms with van der Waals surface area (Å²) in [5.41, 5.74) is 0.124. The summed E-state index contributed by atoms with van der Waals surface area (Å²) >= 11 is 0. The molecule has 0 spiro atoms. The third kappa shape index (κ3) is 9.49. The van der Waals surface area contributed by atoms with Crippen LogP contribution in [0.5, 0.6) is 0 Å². The molecule has 41 heavy (non-hydrogen) atoms. The van der Waals surface area contributed by atoms with Crippen LogP contribution in [-0.4, -0.2) is 25.2 Å². The molecule has 0 aliphatic carbocycles. The van der Waals surface area contributed by atoms with Gasteiger partial charge < -0.3 is 26.5 Å². The first-order chi connectivity index (χ1) is 19.5. The topological polar surface area (TPSA) is 18.5 Å². The molecule has 1 aliphatic heterocycles. The summed E-state index contributed by atoms with van der Waals surface area (Å²) in [7, 11) is -1.71. The fraction of sp³-hybridized carbons (Fsp3) is 0.514. The predicted octanol–water partition coefficient (Wildman–Crippen LogP) is 6.06. The van der Waals surface area contributed by atoms with Crippen molar-refractivity contribution in [1.82, 2.24) is 0 Å². The zero-order valence-electron chi connectivity index (χ0n) is 25.7. The second-order valence-electron chi connectivity index (χ2n) is 12.5. The van der Waals surface area contributed by atoms with Gasteiger partial charge in [0.2, 0.25) is 0 Å². The summed E-state index contributed by atoms with van der Waals surface area (Å²) < 4.78 is 12.9. The molecule has 1 aliphatic rings. The molecule has 2 nitrogen and oxygen atoms in total. The quantitative estimate of drug-likeness (QED) is 0.140. The van der Waals surface area contributed by atoms with Gasteiger partial charge >= 0.3 is 0 Å². The summed E-state index contributed by atoms with van der Waals surface area (Å²) in [5, 5.41) is 4.48. The average Bonchev–Trinajstić information content (AvgIpc) is 3.00. The highest BCUT2D eigenvalue weighted by Gasteiger charge is 2.44. The molecule has 224 valence electrons. The Balaban J connectivity index is 0.00000462. The monoisotopic (exact) mass is 638 g/mol. The van der Waals surface area contributed by atoms with Crippen molar-refractivity contribution >= 4 is 23.2 Å². The number of halogens is 1. The van der Waals surface area contributed by atoms with Crippen molar-refractivity contribution in [2.45, 2.75) is 97.2 Å². The molecule has 0 bridgehead atoms. The van der Waals surface area contributed by atoms with Gasteiger partial charge in [-0.2, -0.15) is 0 Å². The highest BCUT2D eigenvalue weighted by Crippen LogP contribution is 2.56. The third-order valence-corrected chi connectivity index (χ3v) is 13.0. The van der Waals surface area contributed by atoms with Crippen molar-refractivity contribution in [2.75, 3.05) is 19.4 Å². The van der Waals surface area contributed by atoms with Crippen LogP contribution < -0.4 is 32.9 Å². The summed E-state index contributed by atoms with van der Waals surface area (Å²) in [4.78, 5) is 0. The van der Waals surface area contributed by atoms with E-state index in [1.165, 1.54) is 79.9 Å². The van der Waals surface area contributed by atoms with Gasteiger partial charge in [0.25, 0.3) is 0 Å². The van der Waals surface area contributed by atoms with Gasteiger partial charge in [-0.1, -0.05) is 107 Å². The summed E-state index contributed by atoms with van der Waals surface area (Å²) in [6, 6.07) is 33.9. The van der Waals surface area contributed by atoms with E-state index in [9.17, 15) is 0 Å². The Kier molecular flexibility index (Phi) is 14.1. The highest BCUT2D eigenvalue weighted by atomic mass is 79.9. The molecule has 0 amide bonds. The second kappa shape index (κ2) is 17.0. The summed E-state index contributed by atoms with van der Waals surface area (Å²) in [6.07, 6.45) is 14.6. The largest absolute Gasteiger partial charge is 1.00 e. The van der Waals surface area contributed by atoms with Gasteiger partial charge in [0, 0.05) is 18.3 Å². The van der Waals surface area contributed by atoms with Crippen molar-refractivity contribution in [2.24, 2.45) is 5.41 Å². The maximum atomic E-state index is 6.46.